The SMILES string of the molecule is CC(C)[C@@H](NC(=O)C1CCCCC1)C(=O)N[C@@H](C)Cn1ccnc1. The highest BCUT2D eigenvalue weighted by molar-refractivity contribution is 5.88. The molecule has 0 unspecified atom stereocenters. The van der Waals surface area contributed by atoms with Crippen LogP contribution < -0.4 is 10.6 Å². The summed E-state index contributed by atoms with van der Waals surface area (Å²) in [5.74, 6) is 0.0433. The van der Waals surface area contributed by atoms with E-state index in [4.69, 9.17) is 0 Å². The van der Waals surface area contributed by atoms with E-state index in [0.717, 1.165) is 25.7 Å². The number of rotatable bonds is 7. The van der Waals surface area contributed by atoms with Crippen molar-refractivity contribution in [3.63, 3.8) is 0 Å². The Morgan fingerprint density at radius 3 is 2.46 bits per heavy atom. The second-order valence-electron chi connectivity index (χ2n) is 7.23. The Morgan fingerprint density at radius 2 is 1.88 bits per heavy atom. The number of amides is 2. The van der Waals surface area contributed by atoms with Gasteiger partial charge in [0, 0.05) is 30.9 Å². The fraction of sp³-hybridized carbons (Fsp3) is 0.722. The number of hydrogen-bond acceptors (Lipinski definition) is 3. The zero-order valence-corrected chi connectivity index (χ0v) is 15.0. The van der Waals surface area contributed by atoms with Gasteiger partial charge in [0.2, 0.25) is 11.8 Å². The number of carbonyl (C=O) groups is 2. The molecule has 0 bridgehead atoms. The molecular weight excluding hydrogens is 304 g/mol. The first kappa shape index (κ1) is 18.5. The quantitative estimate of drug-likeness (QED) is 0.802. The standard InChI is InChI=1S/C18H30N4O2/c1-13(2)16(21-17(23)15-7-5-4-6-8-15)18(24)20-14(3)11-22-10-9-19-12-22/h9-10,12-16H,4-8,11H2,1-3H3,(H,20,24)(H,21,23)/t14-,16+/m0/s1. The average molecular weight is 334 g/mol. The van der Waals surface area contributed by atoms with Crippen molar-refractivity contribution in [2.75, 3.05) is 0 Å². The molecule has 6 nitrogen and oxygen atoms in total. The summed E-state index contributed by atoms with van der Waals surface area (Å²) in [5.41, 5.74) is 0. The van der Waals surface area contributed by atoms with Crippen molar-refractivity contribution in [2.24, 2.45) is 11.8 Å². The maximum Gasteiger partial charge on any atom is 0.243 e. The Labute approximate surface area is 144 Å². The van der Waals surface area contributed by atoms with Gasteiger partial charge in [-0.15, -0.1) is 0 Å². The van der Waals surface area contributed by atoms with Gasteiger partial charge in [-0.3, -0.25) is 9.59 Å². The summed E-state index contributed by atoms with van der Waals surface area (Å²) in [6.07, 6.45) is 10.6. The van der Waals surface area contributed by atoms with Gasteiger partial charge >= 0.3 is 0 Å². The topological polar surface area (TPSA) is 76.0 Å². The largest absolute Gasteiger partial charge is 0.350 e. The van der Waals surface area contributed by atoms with Crippen LogP contribution in [0.25, 0.3) is 0 Å². The van der Waals surface area contributed by atoms with Crippen molar-refractivity contribution in [3.8, 4) is 0 Å². The maximum atomic E-state index is 12.6. The van der Waals surface area contributed by atoms with E-state index in [1.807, 2.05) is 31.5 Å². The highest BCUT2D eigenvalue weighted by Crippen LogP contribution is 2.24. The molecule has 2 atom stereocenters. The second-order valence-corrected chi connectivity index (χ2v) is 7.23. The van der Waals surface area contributed by atoms with Crippen LogP contribution in [0, 0.1) is 11.8 Å². The van der Waals surface area contributed by atoms with Gasteiger partial charge < -0.3 is 15.2 Å². The number of nitrogens with one attached hydrogen (secondary N) is 2. The van der Waals surface area contributed by atoms with Crippen LogP contribution in [0.15, 0.2) is 18.7 Å². The average Bonchev–Trinajstić information content (AvgIpc) is 3.05. The number of aromatic nitrogens is 2. The summed E-state index contributed by atoms with van der Waals surface area (Å²) in [7, 11) is 0. The van der Waals surface area contributed by atoms with Crippen molar-refractivity contribution >= 4 is 11.8 Å². The predicted molar refractivity (Wildman–Crippen MR) is 93.2 cm³/mol. The van der Waals surface area contributed by atoms with Crippen molar-refractivity contribution in [3.05, 3.63) is 18.7 Å². The number of nitrogens with zero attached hydrogens (tertiary/aromatic N) is 2. The number of carbonyl (C=O) groups excluding carboxylic acids is 2. The molecule has 6 heteroatoms. The van der Waals surface area contributed by atoms with E-state index in [2.05, 4.69) is 15.6 Å². The van der Waals surface area contributed by atoms with E-state index in [9.17, 15) is 9.59 Å². The Balaban J connectivity index is 1.88. The molecule has 1 aromatic heterocycles. The smallest absolute Gasteiger partial charge is 0.243 e. The highest BCUT2D eigenvalue weighted by atomic mass is 16.2. The van der Waals surface area contributed by atoms with E-state index in [0.29, 0.717) is 6.54 Å². The van der Waals surface area contributed by atoms with Gasteiger partial charge in [0.05, 0.1) is 6.33 Å². The van der Waals surface area contributed by atoms with E-state index in [1.54, 1.807) is 12.5 Å². The lowest BCUT2D eigenvalue weighted by Gasteiger charge is -2.27. The van der Waals surface area contributed by atoms with Crippen molar-refractivity contribution in [1.29, 1.82) is 0 Å². The van der Waals surface area contributed by atoms with Crippen molar-refractivity contribution in [2.45, 2.75) is 71.5 Å². The van der Waals surface area contributed by atoms with Gasteiger partial charge in [-0.2, -0.15) is 0 Å². The molecule has 0 aliphatic heterocycles. The molecule has 1 fully saturated rings. The number of imidazole rings is 1. The normalized spacial score (nSPS) is 18.2. The maximum absolute atomic E-state index is 12.6. The van der Waals surface area contributed by atoms with Gasteiger partial charge in [-0.25, -0.2) is 4.98 Å². The second kappa shape index (κ2) is 8.85. The first-order chi connectivity index (χ1) is 11.5. The zero-order chi connectivity index (χ0) is 17.5. The van der Waals surface area contributed by atoms with E-state index >= 15 is 0 Å². The third-order valence-electron chi connectivity index (χ3n) is 4.66. The molecule has 2 N–H and O–H groups in total. The Hall–Kier alpha value is -1.85. The van der Waals surface area contributed by atoms with E-state index in [-0.39, 0.29) is 29.7 Å². The summed E-state index contributed by atoms with van der Waals surface area (Å²) in [5, 5.41) is 5.99. The van der Waals surface area contributed by atoms with Crippen LogP contribution in [0.2, 0.25) is 0 Å². The van der Waals surface area contributed by atoms with Gasteiger partial charge in [0.25, 0.3) is 0 Å². The van der Waals surface area contributed by atoms with Gasteiger partial charge in [0.15, 0.2) is 0 Å². The fourth-order valence-corrected chi connectivity index (χ4v) is 3.26. The zero-order valence-electron chi connectivity index (χ0n) is 15.0. The van der Waals surface area contributed by atoms with E-state index < -0.39 is 6.04 Å². The summed E-state index contributed by atoms with van der Waals surface area (Å²) in [4.78, 5) is 29.0. The van der Waals surface area contributed by atoms with Crippen LogP contribution in [0.1, 0.15) is 52.9 Å². The third-order valence-corrected chi connectivity index (χ3v) is 4.66. The minimum atomic E-state index is -0.482. The minimum absolute atomic E-state index is 0.0282. The Bertz CT molecular complexity index is 521. The first-order valence-electron chi connectivity index (χ1n) is 9.04. The molecule has 0 saturated heterocycles. The lowest BCUT2D eigenvalue weighted by atomic mass is 9.88. The molecular formula is C18H30N4O2. The fourth-order valence-electron chi connectivity index (χ4n) is 3.26. The predicted octanol–water partition coefficient (Wildman–Crippen LogP) is 2.11. The van der Waals surface area contributed by atoms with Crippen LogP contribution in [0.5, 0.6) is 0 Å². The molecule has 1 saturated carbocycles. The Morgan fingerprint density at radius 1 is 1.17 bits per heavy atom. The van der Waals surface area contributed by atoms with Crippen LogP contribution in [0.4, 0.5) is 0 Å². The molecule has 1 heterocycles. The van der Waals surface area contributed by atoms with Crippen molar-refractivity contribution < 1.29 is 9.59 Å². The first-order valence-corrected chi connectivity index (χ1v) is 9.04. The lowest BCUT2D eigenvalue weighted by molar-refractivity contribution is -0.133. The summed E-state index contributed by atoms with van der Waals surface area (Å²) >= 11 is 0. The molecule has 1 aliphatic carbocycles. The van der Waals surface area contributed by atoms with Crippen LogP contribution >= 0.6 is 0 Å². The van der Waals surface area contributed by atoms with Gasteiger partial charge in [0.1, 0.15) is 6.04 Å². The van der Waals surface area contributed by atoms with Gasteiger partial charge in [-0.1, -0.05) is 33.1 Å². The van der Waals surface area contributed by atoms with E-state index in [1.165, 1.54) is 6.42 Å². The lowest BCUT2D eigenvalue weighted by Crippen LogP contribution is -2.53. The van der Waals surface area contributed by atoms with Crippen LogP contribution in [-0.2, 0) is 16.1 Å². The summed E-state index contributed by atoms with van der Waals surface area (Å²) < 4.78 is 1.93. The molecule has 1 aliphatic rings. The summed E-state index contributed by atoms with van der Waals surface area (Å²) in [6, 6.07) is -0.510. The monoisotopic (exact) mass is 334 g/mol. The molecule has 0 spiro atoms. The molecule has 0 radical (unpaired) electrons. The Kier molecular flexibility index (Phi) is 6.82. The molecule has 134 valence electrons. The minimum Gasteiger partial charge on any atom is -0.350 e. The molecule has 24 heavy (non-hydrogen) atoms. The molecule has 1 aromatic rings. The van der Waals surface area contributed by atoms with Crippen molar-refractivity contribution in [1.82, 2.24) is 20.2 Å². The number of hydrogen-bond donors (Lipinski definition) is 2. The van der Waals surface area contributed by atoms with Crippen LogP contribution in [0.3, 0.4) is 0 Å². The molecule has 2 rings (SSSR count). The molecule has 2 amide bonds. The third kappa shape index (κ3) is 5.35. The van der Waals surface area contributed by atoms with Gasteiger partial charge in [-0.05, 0) is 25.7 Å². The molecule has 0 aromatic carbocycles. The van der Waals surface area contributed by atoms with Crippen LogP contribution in [-0.4, -0.2) is 33.4 Å². The summed E-state index contributed by atoms with van der Waals surface area (Å²) in [6.45, 7) is 6.54. The highest BCUT2D eigenvalue weighted by Gasteiger charge is 2.29.